The SMILES string of the molecule is CNC(CCc1cnn(C)c1)c1c(Cl)cccc1Cl. The van der Waals surface area contributed by atoms with Crippen LogP contribution in [0.5, 0.6) is 0 Å². The summed E-state index contributed by atoms with van der Waals surface area (Å²) in [6, 6.07) is 5.75. The number of halogens is 2. The van der Waals surface area contributed by atoms with Crippen LogP contribution in [0.25, 0.3) is 0 Å². The van der Waals surface area contributed by atoms with Gasteiger partial charge in [-0.3, -0.25) is 4.68 Å². The molecule has 2 aromatic rings. The molecule has 1 aromatic carbocycles. The number of nitrogens with one attached hydrogen (secondary N) is 1. The van der Waals surface area contributed by atoms with Gasteiger partial charge in [0.15, 0.2) is 0 Å². The maximum atomic E-state index is 6.25. The van der Waals surface area contributed by atoms with Gasteiger partial charge in [0.05, 0.1) is 6.20 Å². The lowest BCUT2D eigenvalue weighted by molar-refractivity contribution is 0.549. The Hall–Kier alpha value is -1.03. The Morgan fingerprint density at radius 2 is 2.00 bits per heavy atom. The van der Waals surface area contributed by atoms with Crippen molar-refractivity contribution in [3.8, 4) is 0 Å². The lowest BCUT2D eigenvalue weighted by atomic mass is 10.00. The van der Waals surface area contributed by atoms with Gasteiger partial charge in [0.2, 0.25) is 0 Å². The van der Waals surface area contributed by atoms with Crippen LogP contribution in [0.3, 0.4) is 0 Å². The summed E-state index contributed by atoms with van der Waals surface area (Å²) in [5, 5.41) is 8.87. The van der Waals surface area contributed by atoms with E-state index in [1.807, 2.05) is 49.4 Å². The van der Waals surface area contributed by atoms with Crippen LogP contribution in [0.1, 0.15) is 23.6 Å². The van der Waals surface area contributed by atoms with Crippen LogP contribution >= 0.6 is 23.2 Å². The highest BCUT2D eigenvalue weighted by molar-refractivity contribution is 6.36. The topological polar surface area (TPSA) is 29.9 Å². The molecule has 0 radical (unpaired) electrons. The Labute approximate surface area is 123 Å². The molecule has 2 rings (SSSR count). The van der Waals surface area contributed by atoms with E-state index in [0.29, 0.717) is 10.0 Å². The predicted octanol–water partition coefficient (Wildman–Crippen LogP) is 3.62. The molecular weight excluding hydrogens is 281 g/mol. The fraction of sp³-hybridized carbons (Fsp3) is 0.357. The fourth-order valence-corrected chi connectivity index (χ4v) is 2.85. The second-order valence-corrected chi connectivity index (χ2v) is 5.35. The van der Waals surface area contributed by atoms with Gasteiger partial charge in [-0.05, 0) is 37.6 Å². The van der Waals surface area contributed by atoms with E-state index in [2.05, 4.69) is 10.4 Å². The lowest BCUT2D eigenvalue weighted by Gasteiger charge is -2.19. The Bertz CT molecular complexity index is 531. The molecule has 0 aliphatic rings. The minimum atomic E-state index is 0.140. The maximum Gasteiger partial charge on any atom is 0.0521 e. The summed E-state index contributed by atoms with van der Waals surface area (Å²) in [6.07, 6.45) is 5.77. The van der Waals surface area contributed by atoms with Crippen LogP contribution in [-0.2, 0) is 13.5 Å². The van der Waals surface area contributed by atoms with Gasteiger partial charge < -0.3 is 5.32 Å². The summed E-state index contributed by atoms with van der Waals surface area (Å²) in [7, 11) is 3.84. The highest BCUT2D eigenvalue weighted by atomic mass is 35.5. The van der Waals surface area contributed by atoms with Gasteiger partial charge in [0.25, 0.3) is 0 Å². The third-order valence-corrected chi connectivity index (χ3v) is 3.84. The van der Waals surface area contributed by atoms with Gasteiger partial charge in [0, 0.05) is 34.9 Å². The largest absolute Gasteiger partial charge is 0.313 e. The van der Waals surface area contributed by atoms with Gasteiger partial charge in [-0.1, -0.05) is 29.3 Å². The zero-order chi connectivity index (χ0) is 13.8. The van der Waals surface area contributed by atoms with Crippen LogP contribution in [0.15, 0.2) is 30.6 Å². The van der Waals surface area contributed by atoms with E-state index in [1.165, 1.54) is 5.56 Å². The van der Waals surface area contributed by atoms with Crippen molar-refractivity contribution < 1.29 is 0 Å². The van der Waals surface area contributed by atoms with Crippen LogP contribution in [0.2, 0.25) is 10.0 Å². The summed E-state index contributed by atoms with van der Waals surface area (Å²) in [5.74, 6) is 0. The number of rotatable bonds is 5. The molecule has 1 aromatic heterocycles. The molecular formula is C14H17Cl2N3. The van der Waals surface area contributed by atoms with Crippen molar-refractivity contribution in [2.75, 3.05) is 7.05 Å². The molecule has 0 aliphatic carbocycles. The molecule has 0 spiro atoms. The first-order chi connectivity index (χ1) is 9.11. The van der Waals surface area contributed by atoms with Gasteiger partial charge >= 0.3 is 0 Å². The normalized spacial score (nSPS) is 12.6. The van der Waals surface area contributed by atoms with Crippen molar-refractivity contribution in [3.63, 3.8) is 0 Å². The lowest BCUT2D eigenvalue weighted by Crippen LogP contribution is -2.18. The molecule has 1 heterocycles. The number of aromatic nitrogens is 2. The van der Waals surface area contributed by atoms with Crippen molar-refractivity contribution in [1.82, 2.24) is 15.1 Å². The molecule has 1 atom stereocenters. The Balaban J connectivity index is 2.12. The Morgan fingerprint density at radius 1 is 1.32 bits per heavy atom. The van der Waals surface area contributed by atoms with Gasteiger partial charge in [0.1, 0.15) is 0 Å². The first-order valence-electron chi connectivity index (χ1n) is 6.20. The predicted molar refractivity (Wildman–Crippen MR) is 79.8 cm³/mol. The first kappa shape index (κ1) is 14.4. The minimum absolute atomic E-state index is 0.140. The number of hydrogen-bond acceptors (Lipinski definition) is 2. The number of hydrogen-bond donors (Lipinski definition) is 1. The van der Waals surface area contributed by atoms with E-state index in [9.17, 15) is 0 Å². The van der Waals surface area contributed by atoms with Crippen molar-refractivity contribution in [3.05, 3.63) is 51.8 Å². The van der Waals surface area contributed by atoms with E-state index < -0.39 is 0 Å². The molecule has 1 unspecified atom stereocenters. The molecule has 0 amide bonds. The molecule has 102 valence electrons. The van der Waals surface area contributed by atoms with Crippen molar-refractivity contribution in [1.29, 1.82) is 0 Å². The average molecular weight is 298 g/mol. The number of benzene rings is 1. The summed E-state index contributed by atoms with van der Waals surface area (Å²) in [6.45, 7) is 0. The molecule has 19 heavy (non-hydrogen) atoms. The average Bonchev–Trinajstić information content (AvgIpc) is 2.79. The molecule has 1 N–H and O–H groups in total. The number of nitrogens with zero attached hydrogens (tertiary/aromatic N) is 2. The highest BCUT2D eigenvalue weighted by Crippen LogP contribution is 2.32. The van der Waals surface area contributed by atoms with Gasteiger partial charge in [-0.15, -0.1) is 0 Å². The van der Waals surface area contributed by atoms with Crippen LogP contribution in [0.4, 0.5) is 0 Å². The Kier molecular flexibility index (Phi) is 4.86. The van der Waals surface area contributed by atoms with Crippen LogP contribution in [0, 0.1) is 0 Å². The Morgan fingerprint density at radius 3 is 2.53 bits per heavy atom. The minimum Gasteiger partial charge on any atom is -0.313 e. The third kappa shape index (κ3) is 3.50. The molecule has 0 saturated heterocycles. The van der Waals surface area contributed by atoms with Gasteiger partial charge in [-0.25, -0.2) is 0 Å². The zero-order valence-corrected chi connectivity index (χ0v) is 12.5. The molecule has 5 heteroatoms. The molecule has 3 nitrogen and oxygen atoms in total. The van der Waals surface area contributed by atoms with E-state index in [0.717, 1.165) is 18.4 Å². The highest BCUT2D eigenvalue weighted by Gasteiger charge is 2.16. The summed E-state index contributed by atoms with van der Waals surface area (Å²) >= 11 is 12.5. The quantitative estimate of drug-likeness (QED) is 0.913. The summed E-state index contributed by atoms with van der Waals surface area (Å²) in [5.41, 5.74) is 2.18. The standard InChI is InChI=1S/C14H17Cl2N3/c1-17-13(7-6-10-8-18-19(2)9-10)14-11(15)4-3-5-12(14)16/h3-5,8-9,13,17H,6-7H2,1-2H3. The molecule has 0 bridgehead atoms. The number of aryl methyl sites for hydroxylation is 2. The van der Waals surface area contributed by atoms with E-state index >= 15 is 0 Å². The van der Waals surface area contributed by atoms with Gasteiger partial charge in [-0.2, -0.15) is 5.10 Å². The smallest absolute Gasteiger partial charge is 0.0521 e. The first-order valence-corrected chi connectivity index (χ1v) is 6.96. The van der Waals surface area contributed by atoms with Crippen LogP contribution in [-0.4, -0.2) is 16.8 Å². The van der Waals surface area contributed by atoms with E-state index in [-0.39, 0.29) is 6.04 Å². The zero-order valence-electron chi connectivity index (χ0n) is 11.0. The van der Waals surface area contributed by atoms with Crippen LogP contribution < -0.4 is 5.32 Å². The second kappa shape index (κ2) is 6.42. The second-order valence-electron chi connectivity index (χ2n) is 4.54. The summed E-state index contributed by atoms with van der Waals surface area (Å²) < 4.78 is 1.81. The molecule has 0 fully saturated rings. The van der Waals surface area contributed by atoms with E-state index in [1.54, 1.807) is 0 Å². The maximum absolute atomic E-state index is 6.25. The molecule has 0 aliphatic heterocycles. The fourth-order valence-electron chi connectivity index (χ4n) is 2.19. The molecule has 0 saturated carbocycles. The summed E-state index contributed by atoms with van der Waals surface area (Å²) in [4.78, 5) is 0. The van der Waals surface area contributed by atoms with E-state index in [4.69, 9.17) is 23.2 Å². The third-order valence-electron chi connectivity index (χ3n) is 3.18. The van der Waals surface area contributed by atoms with Crippen molar-refractivity contribution in [2.45, 2.75) is 18.9 Å². The van der Waals surface area contributed by atoms with Crippen molar-refractivity contribution >= 4 is 23.2 Å². The monoisotopic (exact) mass is 297 g/mol. The van der Waals surface area contributed by atoms with Crippen molar-refractivity contribution in [2.24, 2.45) is 7.05 Å².